The molecule has 1 aromatic heterocycles. The molecule has 1 N–H and O–H groups in total. The summed E-state index contributed by atoms with van der Waals surface area (Å²) >= 11 is 6.12. The summed E-state index contributed by atoms with van der Waals surface area (Å²) in [5.74, 6) is -1.06. The van der Waals surface area contributed by atoms with Gasteiger partial charge in [-0.2, -0.15) is 5.10 Å². The van der Waals surface area contributed by atoms with Gasteiger partial charge < -0.3 is 5.11 Å². The van der Waals surface area contributed by atoms with Gasteiger partial charge >= 0.3 is 5.97 Å². The van der Waals surface area contributed by atoms with Crippen molar-refractivity contribution in [1.82, 2.24) is 9.78 Å². The van der Waals surface area contributed by atoms with Crippen LogP contribution in [0.2, 0.25) is 5.15 Å². The molecule has 2 aromatic rings. The zero-order valence-corrected chi connectivity index (χ0v) is 11.1. The molecule has 0 unspecified atom stereocenters. The number of rotatable bonds is 2. The molecule has 0 amide bonds. The summed E-state index contributed by atoms with van der Waals surface area (Å²) in [5, 5.41) is 13.5. The van der Waals surface area contributed by atoms with Crippen LogP contribution >= 0.6 is 11.6 Å². The van der Waals surface area contributed by atoms with Gasteiger partial charge in [0, 0.05) is 0 Å². The van der Waals surface area contributed by atoms with Crippen LogP contribution in [-0.2, 0) is 0 Å². The van der Waals surface area contributed by atoms with E-state index in [2.05, 4.69) is 5.10 Å². The van der Waals surface area contributed by atoms with E-state index >= 15 is 0 Å². The number of para-hydroxylation sites is 1. The van der Waals surface area contributed by atoms with Gasteiger partial charge in [-0.15, -0.1) is 0 Å². The third kappa shape index (κ3) is 1.88. The van der Waals surface area contributed by atoms with Crippen LogP contribution in [0.15, 0.2) is 18.2 Å². The number of carboxylic acid groups (broad SMARTS) is 1. The quantitative estimate of drug-likeness (QED) is 0.907. The van der Waals surface area contributed by atoms with Crippen molar-refractivity contribution in [3.05, 3.63) is 45.7 Å². The Morgan fingerprint density at radius 3 is 2.28 bits per heavy atom. The average Bonchev–Trinajstić information content (AvgIpc) is 2.54. The van der Waals surface area contributed by atoms with E-state index in [0.29, 0.717) is 5.69 Å². The molecule has 0 saturated heterocycles. The Morgan fingerprint density at radius 1 is 1.28 bits per heavy atom. The molecule has 0 saturated carbocycles. The predicted octanol–water partition coefficient (Wildman–Crippen LogP) is 3.15. The van der Waals surface area contributed by atoms with Gasteiger partial charge in [0.15, 0.2) is 0 Å². The monoisotopic (exact) mass is 264 g/mol. The summed E-state index contributed by atoms with van der Waals surface area (Å²) < 4.78 is 1.49. The Balaban J connectivity index is 2.73. The zero-order chi connectivity index (χ0) is 13.4. The molecule has 0 spiro atoms. The highest BCUT2D eigenvalue weighted by Gasteiger charge is 2.21. The predicted molar refractivity (Wildman–Crippen MR) is 69.7 cm³/mol. The van der Waals surface area contributed by atoms with Crippen LogP contribution in [0.25, 0.3) is 5.69 Å². The van der Waals surface area contributed by atoms with E-state index in [-0.39, 0.29) is 10.7 Å². The number of hydrogen-bond acceptors (Lipinski definition) is 2. The van der Waals surface area contributed by atoms with Crippen molar-refractivity contribution in [2.45, 2.75) is 20.8 Å². The van der Waals surface area contributed by atoms with E-state index < -0.39 is 5.97 Å². The van der Waals surface area contributed by atoms with Crippen LogP contribution in [-0.4, -0.2) is 20.9 Å². The van der Waals surface area contributed by atoms with Gasteiger partial charge in [0.2, 0.25) is 0 Å². The lowest BCUT2D eigenvalue weighted by Gasteiger charge is -2.10. The summed E-state index contributed by atoms with van der Waals surface area (Å²) in [7, 11) is 0. The maximum Gasteiger partial charge on any atom is 0.340 e. The van der Waals surface area contributed by atoms with Gasteiger partial charge in [-0.1, -0.05) is 29.8 Å². The molecule has 0 fully saturated rings. The first-order valence-corrected chi connectivity index (χ1v) is 5.86. The highest BCUT2D eigenvalue weighted by Crippen LogP contribution is 2.27. The van der Waals surface area contributed by atoms with Gasteiger partial charge in [-0.25, -0.2) is 9.48 Å². The lowest BCUT2D eigenvalue weighted by atomic mass is 10.1. The fourth-order valence-electron chi connectivity index (χ4n) is 2.03. The molecule has 18 heavy (non-hydrogen) atoms. The first kappa shape index (κ1) is 12.6. The third-order valence-corrected chi connectivity index (χ3v) is 3.22. The SMILES string of the molecule is Cc1cccc(C)c1-n1nc(C)c(C(=O)O)c1Cl. The molecule has 94 valence electrons. The number of halogens is 1. The molecule has 0 aliphatic heterocycles. The Bertz CT molecular complexity index is 612. The van der Waals surface area contributed by atoms with Crippen LogP contribution in [0.3, 0.4) is 0 Å². The van der Waals surface area contributed by atoms with Gasteiger partial charge in [0.1, 0.15) is 10.7 Å². The summed E-state index contributed by atoms with van der Waals surface area (Å²) in [6.07, 6.45) is 0. The summed E-state index contributed by atoms with van der Waals surface area (Å²) in [6.45, 7) is 5.52. The minimum absolute atomic E-state index is 0.0549. The maximum absolute atomic E-state index is 11.1. The summed E-state index contributed by atoms with van der Waals surface area (Å²) in [5.41, 5.74) is 3.29. The lowest BCUT2D eigenvalue weighted by molar-refractivity contribution is 0.0696. The highest BCUT2D eigenvalue weighted by atomic mass is 35.5. The molecule has 0 aliphatic carbocycles. The Morgan fingerprint density at radius 2 is 1.83 bits per heavy atom. The number of benzene rings is 1. The fourth-order valence-corrected chi connectivity index (χ4v) is 2.37. The van der Waals surface area contributed by atoms with Crippen molar-refractivity contribution in [1.29, 1.82) is 0 Å². The second kappa shape index (κ2) is 4.46. The van der Waals surface area contributed by atoms with E-state index in [9.17, 15) is 4.79 Å². The molecule has 0 aliphatic rings. The maximum atomic E-state index is 11.1. The average molecular weight is 265 g/mol. The van der Waals surface area contributed by atoms with Crippen LogP contribution in [0, 0.1) is 20.8 Å². The number of aromatic nitrogens is 2. The molecule has 0 radical (unpaired) electrons. The lowest BCUT2D eigenvalue weighted by Crippen LogP contribution is -2.03. The molecular weight excluding hydrogens is 252 g/mol. The normalized spacial score (nSPS) is 10.7. The van der Waals surface area contributed by atoms with Gasteiger partial charge in [-0.3, -0.25) is 0 Å². The number of hydrogen-bond donors (Lipinski definition) is 1. The number of carboxylic acids is 1. The van der Waals surface area contributed by atoms with Crippen molar-refractivity contribution in [3.8, 4) is 5.69 Å². The minimum atomic E-state index is -1.06. The van der Waals surface area contributed by atoms with Crippen LogP contribution in [0.4, 0.5) is 0 Å². The molecular formula is C13H13ClN2O2. The Kier molecular flexibility index (Phi) is 3.13. The van der Waals surface area contributed by atoms with Crippen LogP contribution < -0.4 is 0 Å². The van der Waals surface area contributed by atoms with Gasteiger partial charge in [-0.05, 0) is 31.9 Å². The van der Waals surface area contributed by atoms with Crippen molar-refractivity contribution >= 4 is 17.6 Å². The smallest absolute Gasteiger partial charge is 0.340 e. The Hall–Kier alpha value is -1.81. The largest absolute Gasteiger partial charge is 0.478 e. The standard InChI is InChI=1S/C13H13ClN2O2/c1-7-5-4-6-8(2)11(7)16-12(14)10(13(17)18)9(3)15-16/h4-6H,1-3H3,(H,17,18). The Labute approximate surface area is 110 Å². The van der Waals surface area contributed by atoms with E-state index in [0.717, 1.165) is 16.8 Å². The zero-order valence-electron chi connectivity index (χ0n) is 10.4. The van der Waals surface area contributed by atoms with Crippen molar-refractivity contribution in [2.75, 3.05) is 0 Å². The summed E-state index contributed by atoms with van der Waals surface area (Å²) in [6, 6.07) is 5.82. The molecule has 1 heterocycles. The fraction of sp³-hybridized carbons (Fsp3) is 0.231. The topological polar surface area (TPSA) is 55.1 Å². The second-order valence-electron chi connectivity index (χ2n) is 4.21. The number of carbonyl (C=O) groups is 1. The van der Waals surface area contributed by atoms with Crippen molar-refractivity contribution < 1.29 is 9.90 Å². The van der Waals surface area contributed by atoms with E-state index in [1.807, 2.05) is 32.0 Å². The highest BCUT2D eigenvalue weighted by molar-refractivity contribution is 6.33. The number of aryl methyl sites for hydroxylation is 3. The van der Waals surface area contributed by atoms with Crippen LogP contribution in [0.5, 0.6) is 0 Å². The first-order chi connectivity index (χ1) is 8.43. The van der Waals surface area contributed by atoms with E-state index in [1.165, 1.54) is 4.68 Å². The number of aromatic carboxylic acids is 1. The third-order valence-electron chi connectivity index (χ3n) is 2.87. The minimum Gasteiger partial charge on any atom is -0.478 e. The van der Waals surface area contributed by atoms with Crippen molar-refractivity contribution in [3.63, 3.8) is 0 Å². The molecule has 4 nitrogen and oxygen atoms in total. The van der Waals surface area contributed by atoms with Crippen molar-refractivity contribution in [2.24, 2.45) is 0 Å². The molecule has 0 bridgehead atoms. The van der Waals surface area contributed by atoms with Crippen LogP contribution in [0.1, 0.15) is 27.2 Å². The molecule has 2 rings (SSSR count). The van der Waals surface area contributed by atoms with Gasteiger partial charge in [0.25, 0.3) is 0 Å². The summed E-state index contributed by atoms with van der Waals surface area (Å²) in [4.78, 5) is 11.1. The molecule has 5 heteroatoms. The first-order valence-electron chi connectivity index (χ1n) is 5.48. The molecule has 1 aromatic carbocycles. The van der Waals surface area contributed by atoms with E-state index in [4.69, 9.17) is 16.7 Å². The van der Waals surface area contributed by atoms with Gasteiger partial charge in [0.05, 0.1) is 11.4 Å². The molecule has 0 atom stereocenters. The van der Waals surface area contributed by atoms with E-state index in [1.54, 1.807) is 6.92 Å². The number of nitrogens with zero attached hydrogens (tertiary/aromatic N) is 2. The second-order valence-corrected chi connectivity index (χ2v) is 4.57.